The molecule has 25 heavy (non-hydrogen) atoms. The quantitative estimate of drug-likeness (QED) is 0.628. The molecule has 7 nitrogen and oxygen atoms in total. The van der Waals surface area contributed by atoms with Gasteiger partial charge in [0.25, 0.3) is 5.69 Å². The van der Waals surface area contributed by atoms with Crippen LogP contribution in [0.15, 0.2) is 46.2 Å². The van der Waals surface area contributed by atoms with Crippen LogP contribution in [0.5, 0.6) is 0 Å². The van der Waals surface area contributed by atoms with Crippen LogP contribution in [0.25, 0.3) is 0 Å². The Bertz CT molecular complexity index is 830. The molecule has 0 amide bonds. The van der Waals surface area contributed by atoms with Gasteiger partial charge in [-0.2, -0.15) is 5.26 Å². The molecule has 0 aliphatic carbocycles. The van der Waals surface area contributed by atoms with Crippen LogP contribution < -0.4 is 11.5 Å². The molecule has 0 radical (unpaired) electrons. The molecule has 1 aliphatic rings. The molecule has 0 bridgehead atoms. The minimum atomic E-state index is -0.681. The summed E-state index contributed by atoms with van der Waals surface area (Å²) in [6, 6.07) is 7.22. The first-order valence-electron chi connectivity index (χ1n) is 8.09. The number of nitrogens with two attached hydrogens (primary N) is 2. The highest BCUT2D eigenvalue weighted by molar-refractivity contribution is 6.01. The molecule has 0 spiro atoms. The SMILES string of the molecule is CCCCC1=C(C#N)C(c2cccc(C)c2[N+](=O)[O-])/C(=C/N)C(N)=N1. The van der Waals surface area contributed by atoms with Crippen molar-refractivity contribution in [3.8, 4) is 6.07 Å². The monoisotopic (exact) mass is 339 g/mol. The number of unbranched alkanes of at least 4 members (excludes halogenated alkanes) is 1. The molecule has 130 valence electrons. The number of hydrogen-bond donors (Lipinski definition) is 2. The number of aryl methyl sites for hydroxylation is 1. The lowest BCUT2D eigenvalue weighted by molar-refractivity contribution is -0.386. The number of nitrogens with zero attached hydrogens (tertiary/aromatic N) is 3. The zero-order valence-electron chi connectivity index (χ0n) is 14.3. The van der Waals surface area contributed by atoms with Gasteiger partial charge in [0.15, 0.2) is 0 Å². The van der Waals surface area contributed by atoms with Gasteiger partial charge in [0.2, 0.25) is 0 Å². The third-order valence-electron chi connectivity index (χ3n) is 4.29. The van der Waals surface area contributed by atoms with E-state index in [1.165, 1.54) is 6.20 Å². The van der Waals surface area contributed by atoms with E-state index < -0.39 is 10.8 Å². The van der Waals surface area contributed by atoms with Crippen molar-refractivity contribution in [2.24, 2.45) is 16.5 Å². The second-order valence-corrected chi connectivity index (χ2v) is 5.90. The lowest BCUT2D eigenvalue weighted by Crippen LogP contribution is -2.27. The number of para-hydroxylation sites is 1. The van der Waals surface area contributed by atoms with Crippen molar-refractivity contribution in [3.05, 3.63) is 62.5 Å². The molecule has 0 fully saturated rings. The highest BCUT2D eigenvalue weighted by Gasteiger charge is 2.35. The van der Waals surface area contributed by atoms with Crippen LogP contribution in [0.2, 0.25) is 0 Å². The Kier molecular flexibility index (Phi) is 5.55. The number of nitro groups is 1. The molecule has 7 heteroatoms. The van der Waals surface area contributed by atoms with Gasteiger partial charge < -0.3 is 11.5 Å². The normalized spacial score (nSPS) is 18.8. The summed E-state index contributed by atoms with van der Waals surface area (Å²) in [4.78, 5) is 15.5. The van der Waals surface area contributed by atoms with Crippen LogP contribution in [0.1, 0.15) is 43.2 Å². The molecule has 1 aliphatic heterocycles. The average Bonchev–Trinajstić information content (AvgIpc) is 2.58. The number of hydrogen-bond acceptors (Lipinski definition) is 6. The van der Waals surface area contributed by atoms with Gasteiger partial charge in [0, 0.05) is 22.9 Å². The number of allylic oxidation sites excluding steroid dienone is 2. The van der Waals surface area contributed by atoms with Gasteiger partial charge in [0.05, 0.1) is 28.2 Å². The molecule has 1 aromatic carbocycles. The van der Waals surface area contributed by atoms with Crippen LogP contribution >= 0.6 is 0 Å². The van der Waals surface area contributed by atoms with E-state index in [0.29, 0.717) is 34.4 Å². The minimum absolute atomic E-state index is 0.0239. The molecule has 1 heterocycles. The number of rotatable bonds is 5. The fraction of sp³-hybridized carbons (Fsp3) is 0.333. The largest absolute Gasteiger partial charge is 0.404 e. The summed E-state index contributed by atoms with van der Waals surface area (Å²) in [6.07, 6.45) is 3.66. The third kappa shape index (κ3) is 3.38. The van der Waals surface area contributed by atoms with Crippen molar-refractivity contribution >= 4 is 11.5 Å². The molecular formula is C18H21N5O2. The number of aliphatic imine (C=N–C) groups is 1. The van der Waals surface area contributed by atoms with Crippen LogP contribution in [-0.4, -0.2) is 10.8 Å². The van der Waals surface area contributed by atoms with E-state index in [9.17, 15) is 15.4 Å². The first-order valence-corrected chi connectivity index (χ1v) is 8.09. The number of nitriles is 1. The minimum Gasteiger partial charge on any atom is -0.404 e. The van der Waals surface area contributed by atoms with E-state index in [-0.39, 0.29) is 11.5 Å². The molecule has 4 N–H and O–H groups in total. The van der Waals surface area contributed by atoms with Crippen molar-refractivity contribution in [3.63, 3.8) is 0 Å². The molecule has 1 unspecified atom stereocenters. The van der Waals surface area contributed by atoms with Gasteiger partial charge in [0.1, 0.15) is 5.84 Å². The van der Waals surface area contributed by atoms with Crippen molar-refractivity contribution < 1.29 is 4.92 Å². The number of amidine groups is 1. The van der Waals surface area contributed by atoms with Gasteiger partial charge in [-0.1, -0.05) is 31.5 Å². The molecular weight excluding hydrogens is 318 g/mol. The van der Waals surface area contributed by atoms with E-state index in [4.69, 9.17) is 11.5 Å². The molecule has 2 rings (SSSR count). The van der Waals surface area contributed by atoms with Crippen molar-refractivity contribution in [1.82, 2.24) is 0 Å². The molecule has 1 aromatic rings. The van der Waals surface area contributed by atoms with Crippen molar-refractivity contribution in [1.29, 1.82) is 5.26 Å². The Morgan fingerprint density at radius 2 is 2.20 bits per heavy atom. The summed E-state index contributed by atoms with van der Waals surface area (Å²) < 4.78 is 0. The lowest BCUT2D eigenvalue weighted by Gasteiger charge is -2.26. The van der Waals surface area contributed by atoms with Crippen molar-refractivity contribution in [2.75, 3.05) is 0 Å². The fourth-order valence-electron chi connectivity index (χ4n) is 3.07. The Morgan fingerprint density at radius 3 is 2.76 bits per heavy atom. The second-order valence-electron chi connectivity index (χ2n) is 5.90. The highest BCUT2D eigenvalue weighted by Crippen LogP contribution is 2.42. The van der Waals surface area contributed by atoms with Crippen LogP contribution in [0.3, 0.4) is 0 Å². The zero-order chi connectivity index (χ0) is 18.6. The Balaban J connectivity index is 2.75. The van der Waals surface area contributed by atoms with E-state index in [1.54, 1.807) is 25.1 Å². The smallest absolute Gasteiger partial charge is 0.276 e. The summed E-state index contributed by atoms with van der Waals surface area (Å²) in [5.74, 6) is -0.479. The molecule has 0 saturated carbocycles. The summed E-state index contributed by atoms with van der Waals surface area (Å²) in [5.41, 5.74) is 14.0. The van der Waals surface area contributed by atoms with Gasteiger partial charge in [-0.05, 0) is 19.8 Å². The number of benzene rings is 1. The van der Waals surface area contributed by atoms with E-state index in [1.807, 2.05) is 6.92 Å². The average molecular weight is 339 g/mol. The fourth-order valence-corrected chi connectivity index (χ4v) is 3.07. The summed E-state index contributed by atoms with van der Waals surface area (Å²) in [5, 5.41) is 21.3. The maximum Gasteiger partial charge on any atom is 0.276 e. The molecule has 0 saturated heterocycles. The van der Waals surface area contributed by atoms with E-state index in [0.717, 1.165) is 12.8 Å². The maximum absolute atomic E-state index is 11.6. The molecule has 0 aromatic heterocycles. The first-order chi connectivity index (χ1) is 12.0. The van der Waals surface area contributed by atoms with Gasteiger partial charge in [-0.3, -0.25) is 10.1 Å². The second kappa shape index (κ2) is 7.62. The van der Waals surface area contributed by atoms with Crippen molar-refractivity contribution in [2.45, 2.75) is 39.0 Å². The zero-order valence-corrected chi connectivity index (χ0v) is 14.3. The number of nitro benzene ring substituents is 1. The Labute approximate surface area is 146 Å². The topological polar surface area (TPSA) is 131 Å². The van der Waals surface area contributed by atoms with Crippen LogP contribution in [0, 0.1) is 28.4 Å². The summed E-state index contributed by atoms with van der Waals surface area (Å²) >= 11 is 0. The van der Waals surface area contributed by atoms with Gasteiger partial charge in [-0.25, -0.2) is 4.99 Å². The van der Waals surface area contributed by atoms with E-state index in [2.05, 4.69) is 11.1 Å². The van der Waals surface area contributed by atoms with Crippen LogP contribution in [-0.2, 0) is 0 Å². The predicted octanol–water partition coefficient (Wildman–Crippen LogP) is 3.17. The third-order valence-corrected chi connectivity index (χ3v) is 4.29. The first kappa shape index (κ1) is 18.2. The van der Waals surface area contributed by atoms with Gasteiger partial charge >= 0.3 is 0 Å². The lowest BCUT2D eigenvalue weighted by atomic mass is 9.80. The standard InChI is InChI=1S/C18H21N5O2/c1-3-4-8-15-13(9-19)16(14(10-20)18(21)22-15)12-7-5-6-11(2)17(12)23(24)25/h5-7,10,16H,3-4,8,20H2,1-2H3,(H2,21,22)/b14-10-. The summed E-state index contributed by atoms with van der Waals surface area (Å²) in [6.45, 7) is 3.71. The Hall–Kier alpha value is -3.14. The Morgan fingerprint density at radius 1 is 1.48 bits per heavy atom. The molecule has 1 atom stereocenters. The van der Waals surface area contributed by atoms with E-state index >= 15 is 0 Å². The highest BCUT2D eigenvalue weighted by atomic mass is 16.6. The van der Waals surface area contributed by atoms with Crippen LogP contribution in [0.4, 0.5) is 5.69 Å². The summed E-state index contributed by atoms with van der Waals surface area (Å²) in [7, 11) is 0. The van der Waals surface area contributed by atoms with Gasteiger partial charge in [-0.15, -0.1) is 0 Å². The predicted molar refractivity (Wildman–Crippen MR) is 96.6 cm³/mol. The maximum atomic E-state index is 11.6.